The number of urea groups is 1. The Morgan fingerprint density at radius 2 is 1.82 bits per heavy atom. The third kappa shape index (κ3) is 5.72. The minimum atomic E-state index is -0.0321. The molecule has 39 heavy (non-hydrogen) atoms. The molecule has 196 valence electrons. The number of likely N-dealkylation sites (tertiary alicyclic amines) is 1. The summed E-state index contributed by atoms with van der Waals surface area (Å²) < 4.78 is 1.98. The van der Waals surface area contributed by atoms with Crippen LogP contribution < -0.4 is 10.6 Å². The summed E-state index contributed by atoms with van der Waals surface area (Å²) >= 11 is 0. The number of anilines is 2. The maximum atomic E-state index is 12.7. The highest BCUT2D eigenvalue weighted by molar-refractivity contribution is 5.89. The number of amides is 2. The van der Waals surface area contributed by atoms with E-state index in [1.165, 1.54) is 0 Å². The Hall–Kier alpha value is -4.79. The molecular formula is C30H30N8O. The van der Waals surface area contributed by atoms with Crippen LogP contribution in [0.3, 0.4) is 0 Å². The predicted octanol–water partition coefficient (Wildman–Crippen LogP) is 5.62. The van der Waals surface area contributed by atoms with Crippen molar-refractivity contribution in [3.63, 3.8) is 0 Å². The normalized spacial score (nSPS) is 15.3. The van der Waals surface area contributed by atoms with E-state index in [1.54, 1.807) is 24.9 Å². The number of imidazole rings is 1. The van der Waals surface area contributed by atoms with Crippen LogP contribution in [0.1, 0.15) is 19.3 Å². The fourth-order valence-electron chi connectivity index (χ4n) is 5.08. The highest BCUT2D eigenvalue weighted by Crippen LogP contribution is 2.25. The average molecular weight is 519 g/mol. The molecule has 1 aliphatic heterocycles. The first-order valence-electron chi connectivity index (χ1n) is 13.3. The molecule has 1 aliphatic rings. The number of pyridine rings is 1. The molecule has 0 saturated carbocycles. The number of hydrogen-bond acceptors (Lipinski definition) is 6. The number of fused-ring (bicyclic) bond motifs is 1. The number of piperidine rings is 1. The van der Waals surface area contributed by atoms with Gasteiger partial charge < -0.3 is 15.5 Å². The summed E-state index contributed by atoms with van der Waals surface area (Å²) in [6, 6.07) is 21.7. The molecule has 4 heterocycles. The van der Waals surface area contributed by atoms with Gasteiger partial charge >= 0.3 is 6.03 Å². The fraction of sp³-hybridized carbons (Fsp3) is 0.233. The number of nitrogens with zero attached hydrogens (tertiary/aromatic N) is 6. The lowest BCUT2D eigenvalue weighted by Crippen LogP contribution is -2.42. The van der Waals surface area contributed by atoms with Crippen molar-refractivity contribution in [1.29, 1.82) is 0 Å². The third-order valence-electron chi connectivity index (χ3n) is 7.12. The van der Waals surface area contributed by atoms with Gasteiger partial charge in [0.25, 0.3) is 0 Å². The first-order valence-corrected chi connectivity index (χ1v) is 13.3. The Bertz CT molecular complexity index is 1550. The molecule has 0 bridgehead atoms. The molecule has 1 fully saturated rings. The summed E-state index contributed by atoms with van der Waals surface area (Å²) in [7, 11) is 0. The minimum absolute atomic E-state index is 0.0321. The van der Waals surface area contributed by atoms with Crippen LogP contribution in [0.5, 0.6) is 0 Å². The average Bonchev–Trinajstić information content (AvgIpc) is 3.42. The molecule has 0 aliphatic carbocycles. The van der Waals surface area contributed by atoms with Crippen molar-refractivity contribution in [3.05, 3.63) is 91.6 Å². The Morgan fingerprint density at radius 3 is 2.69 bits per heavy atom. The van der Waals surface area contributed by atoms with E-state index in [0.29, 0.717) is 11.9 Å². The van der Waals surface area contributed by atoms with Crippen molar-refractivity contribution in [2.75, 3.05) is 30.3 Å². The molecule has 5 aromatic rings. The highest BCUT2D eigenvalue weighted by Gasteiger charge is 2.23. The Morgan fingerprint density at radius 1 is 0.949 bits per heavy atom. The van der Waals surface area contributed by atoms with E-state index in [4.69, 9.17) is 4.98 Å². The van der Waals surface area contributed by atoms with Crippen molar-refractivity contribution in [2.24, 2.45) is 5.92 Å². The van der Waals surface area contributed by atoms with Crippen LogP contribution in [0.25, 0.3) is 28.0 Å². The van der Waals surface area contributed by atoms with E-state index in [0.717, 1.165) is 72.6 Å². The lowest BCUT2D eigenvalue weighted by molar-refractivity contribution is 0.175. The number of carbonyl (C=O) groups excluding carboxylic acids is 1. The molecule has 2 amide bonds. The van der Waals surface area contributed by atoms with E-state index in [9.17, 15) is 4.79 Å². The summed E-state index contributed by atoms with van der Waals surface area (Å²) in [5.41, 5.74) is 4.90. The summed E-state index contributed by atoms with van der Waals surface area (Å²) in [5, 5.41) is 6.37. The fourth-order valence-corrected chi connectivity index (χ4v) is 5.08. The number of rotatable bonds is 7. The van der Waals surface area contributed by atoms with Gasteiger partial charge in [-0.1, -0.05) is 24.3 Å². The first-order chi connectivity index (χ1) is 19.2. The molecule has 1 saturated heterocycles. The summed E-state index contributed by atoms with van der Waals surface area (Å²) in [6.45, 7) is 2.28. The Balaban J connectivity index is 1.07. The molecule has 0 radical (unpaired) electrons. The predicted molar refractivity (Wildman–Crippen MR) is 153 cm³/mol. The molecule has 1 atom stereocenters. The van der Waals surface area contributed by atoms with Gasteiger partial charge in [0.05, 0.1) is 11.0 Å². The van der Waals surface area contributed by atoms with Gasteiger partial charge in [0.2, 0.25) is 5.95 Å². The topological polar surface area (TPSA) is 101 Å². The number of aromatic nitrogens is 5. The third-order valence-corrected chi connectivity index (χ3v) is 7.12. The summed E-state index contributed by atoms with van der Waals surface area (Å²) in [5.74, 6) is 1.77. The largest absolute Gasteiger partial charge is 0.354 e. The van der Waals surface area contributed by atoms with Crippen molar-refractivity contribution >= 4 is 28.7 Å². The molecule has 3 aromatic heterocycles. The van der Waals surface area contributed by atoms with Crippen LogP contribution in [0.2, 0.25) is 0 Å². The van der Waals surface area contributed by atoms with Gasteiger partial charge in [-0.2, -0.15) is 4.98 Å². The standard InChI is InChI=1S/C30H30N8O/c39-30(35-25-6-2-1-3-7-25)37-18-4-5-22(20-37)10-16-32-29-33-17-13-28(36-29)38-21-34-26-19-24(8-9-27(26)38)23-11-14-31-15-12-23/h1-3,6-9,11-15,17,19,21-22H,4-5,10,16,18,20H2,(H,35,39)(H,32,33,36). The molecule has 6 rings (SSSR count). The second-order valence-corrected chi connectivity index (χ2v) is 9.76. The first kappa shape index (κ1) is 24.5. The maximum absolute atomic E-state index is 12.7. The molecule has 2 aromatic carbocycles. The lowest BCUT2D eigenvalue weighted by atomic mass is 9.95. The summed E-state index contributed by atoms with van der Waals surface area (Å²) in [6.07, 6.45) is 10.2. The van der Waals surface area contributed by atoms with Gasteiger partial charge in [-0.3, -0.25) is 9.55 Å². The Labute approximate surface area is 227 Å². The van der Waals surface area contributed by atoms with Crippen LogP contribution in [0.15, 0.2) is 91.6 Å². The molecule has 1 unspecified atom stereocenters. The number of carbonyl (C=O) groups is 1. The zero-order valence-corrected chi connectivity index (χ0v) is 21.6. The molecule has 2 N–H and O–H groups in total. The van der Waals surface area contributed by atoms with Gasteiger partial charge in [0.1, 0.15) is 12.1 Å². The van der Waals surface area contributed by atoms with Gasteiger partial charge in [0.15, 0.2) is 0 Å². The van der Waals surface area contributed by atoms with Gasteiger partial charge in [-0.05, 0) is 78.8 Å². The number of nitrogens with one attached hydrogen (secondary N) is 2. The molecule has 9 nitrogen and oxygen atoms in total. The van der Waals surface area contributed by atoms with Crippen LogP contribution in [-0.4, -0.2) is 55.1 Å². The SMILES string of the molecule is O=C(Nc1ccccc1)N1CCCC(CCNc2nccc(-n3cnc4cc(-c5ccncc5)ccc43)n2)C1. The van der Waals surface area contributed by atoms with E-state index in [2.05, 4.69) is 43.8 Å². The van der Waals surface area contributed by atoms with Crippen LogP contribution >= 0.6 is 0 Å². The highest BCUT2D eigenvalue weighted by atomic mass is 16.2. The molecule has 0 spiro atoms. The van der Waals surface area contributed by atoms with Crippen molar-refractivity contribution in [1.82, 2.24) is 29.4 Å². The zero-order chi connectivity index (χ0) is 26.4. The van der Waals surface area contributed by atoms with Crippen molar-refractivity contribution in [2.45, 2.75) is 19.3 Å². The maximum Gasteiger partial charge on any atom is 0.321 e. The van der Waals surface area contributed by atoms with Crippen LogP contribution in [-0.2, 0) is 0 Å². The lowest BCUT2D eigenvalue weighted by Gasteiger charge is -2.32. The number of para-hydroxylation sites is 1. The van der Waals surface area contributed by atoms with E-state index in [-0.39, 0.29) is 6.03 Å². The van der Waals surface area contributed by atoms with Crippen LogP contribution in [0.4, 0.5) is 16.4 Å². The van der Waals surface area contributed by atoms with Gasteiger partial charge in [-0.15, -0.1) is 0 Å². The second kappa shape index (κ2) is 11.3. The Kier molecular flexibility index (Phi) is 7.11. The van der Waals surface area contributed by atoms with Crippen LogP contribution in [0, 0.1) is 5.92 Å². The van der Waals surface area contributed by atoms with Gasteiger partial charge in [0, 0.05) is 43.9 Å². The number of hydrogen-bond donors (Lipinski definition) is 2. The van der Waals surface area contributed by atoms with E-state index < -0.39 is 0 Å². The monoisotopic (exact) mass is 518 g/mol. The van der Waals surface area contributed by atoms with Gasteiger partial charge in [-0.25, -0.2) is 14.8 Å². The smallest absolute Gasteiger partial charge is 0.321 e. The molecular weight excluding hydrogens is 488 g/mol. The van der Waals surface area contributed by atoms with E-state index in [1.807, 2.05) is 58.0 Å². The second-order valence-electron chi connectivity index (χ2n) is 9.76. The molecule has 9 heteroatoms. The zero-order valence-electron chi connectivity index (χ0n) is 21.6. The number of benzene rings is 2. The minimum Gasteiger partial charge on any atom is -0.354 e. The van der Waals surface area contributed by atoms with Crippen molar-refractivity contribution < 1.29 is 4.79 Å². The quantitative estimate of drug-likeness (QED) is 0.290. The van der Waals surface area contributed by atoms with Crippen molar-refractivity contribution in [3.8, 4) is 16.9 Å². The summed E-state index contributed by atoms with van der Waals surface area (Å²) in [4.78, 5) is 32.5. The van der Waals surface area contributed by atoms with E-state index >= 15 is 0 Å².